The fourth-order valence-corrected chi connectivity index (χ4v) is 2.47. The zero-order valence-corrected chi connectivity index (χ0v) is 15.6. The highest BCUT2D eigenvalue weighted by atomic mass is 19.4. The standard InChI is InChI=1S/C18H25F3N6/c1-3-8-22-17(23-9-10-27-13-25-26-16(27)4-2)24-12-14-6-5-7-15(11-14)18(19,20)21/h5-7,11,13H,3-4,8-10,12H2,1-2H3,(H2,22,23,24). The van der Waals surface area contributed by atoms with E-state index in [9.17, 15) is 13.2 Å². The molecule has 9 heteroatoms. The molecule has 2 rings (SSSR count). The first-order valence-corrected chi connectivity index (χ1v) is 8.99. The van der Waals surface area contributed by atoms with E-state index in [-0.39, 0.29) is 6.54 Å². The Kier molecular flexibility index (Phi) is 7.63. The molecule has 0 aliphatic carbocycles. The highest BCUT2D eigenvalue weighted by Crippen LogP contribution is 2.29. The van der Waals surface area contributed by atoms with Crippen LogP contribution in [0.2, 0.25) is 0 Å². The molecule has 148 valence electrons. The quantitative estimate of drug-likeness (QED) is 0.544. The van der Waals surface area contributed by atoms with Crippen LogP contribution in [-0.4, -0.2) is 33.8 Å². The first-order chi connectivity index (χ1) is 12.9. The van der Waals surface area contributed by atoms with E-state index < -0.39 is 11.7 Å². The summed E-state index contributed by atoms with van der Waals surface area (Å²) in [6.07, 6.45) is -0.962. The van der Waals surface area contributed by atoms with Crippen LogP contribution in [0.1, 0.15) is 37.2 Å². The zero-order chi connectivity index (χ0) is 19.7. The number of guanidine groups is 1. The van der Waals surface area contributed by atoms with Crippen molar-refractivity contribution in [1.82, 2.24) is 25.4 Å². The van der Waals surface area contributed by atoms with Crippen molar-refractivity contribution in [3.05, 3.63) is 47.5 Å². The minimum atomic E-state index is -4.35. The van der Waals surface area contributed by atoms with Gasteiger partial charge < -0.3 is 15.2 Å². The SMILES string of the molecule is CCCNC(=NCc1cccc(C(F)(F)F)c1)NCCn1cnnc1CC. The monoisotopic (exact) mass is 382 g/mol. The first kappa shape index (κ1) is 20.7. The second-order valence-corrected chi connectivity index (χ2v) is 6.01. The second kappa shape index (κ2) is 9.94. The number of halogens is 3. The molecule has 0 saturated heterocycles. The average molecular weight is 382 g/mol. The molecule has 27 heavy (non-hydrogen) atoms. The molecule has 1 aromatic heterocycles. The lowest BCUT2D eigenvalue weighted by molar-refractivity contribution is -0.137. The lowest BCUT2D eigenvalue weighted by Crippen LogP contribution is -2.39. The van der Waals surface area contributed by atoms with E-state index >= 15 is 0 Å². The van der Waals surface area contributed by atoms with Crippen LogP contribution in [0, 0.1) is 0 Å². The van der Waals surface area contributed by atoms with Gasteiger partial charge in [0.25, 0.3) is 0 Å². The minimum Gasteiger partial charge on any atom is -0.356 e. The van der Waals surface area contributed by atoms with Crippen LogP contribution in [0.3, 0.4) is 0 Å². The van der Waals surface area contributed by atoms with Gasteiger partial charge in [-0.3, -0.25) is 0 Å². The maximum atomic E-state index is 12.8. The predicted molar refractivity (Wildman–Crippen MR) is 98.3 cm³/mol. The van der Waals surface area contributed by atoms with Gasteiger partial charge in [0.1, 0.15) is 12.2 Å². The molecule has 2 N–H and O–H groups in total. The molecule has 1 heterocycles. The van der Waals surface area contributed by atoms with E-state index in [0.717, 1.165) is 37.3 Å². The molecule has 0 unspecified atom stereocenters. The highest BCUT2D eigenvalue weighted by Gasteiger charge is 2.30. The molecule has 6 nitrogen and oxygen atoms in total. The number of aromatic nitrogens is 3. The van der Waals surface area contributed by atoms with Gasteiger partial charge in [0.15, 0.2) is 5.96 Å². The second-order valence-electron chi connectivity index (χ2n) is 6.01. The van der Waals surface area contributed by atoms with Crippen molar-refractivity contribution in [3.63, 3.8) is 0 Å². The molecule has 0 saturated carbocycles. The summed E-state index contributed by atoms with van der Waals surface area (Å²) in [5, 5.41) is 14.3. The Morgan fingerprint density at radius 2 is 1.96 bits per heavy atom. The molecule has 0 fully saturated rings. The Balaban J connectivity index is 1.98. The van der Waals surface area contributed by atoms with Gasteiger partial charge >= 0.3 is 6.18 Å². The van der Waals surface area contributed by atoms with Crippen molar-refractivity contribution < 1.29 is 13.2 Å². The molecule has 0 radical (unpaired) electrons. The van der Waals surface area contributed by atoms with E-state index in [1.54, 1.807) is 12.4 Å². The summed E-state index contributed by atoms with van der Waals surface area (Å²) in [5.74, 6) is 1.47. The Morgan fingerprint density at radius 3 is 2.67 bits per heavy atom. The number of aliphatic imine (C=N–C) groups is 1. The number of nitrogens with one attached hydrogen (secondary N) is 2. The van der Waals surface area contributed by atoms with E-state index in [1.807, 2.05) is 18.4 Å². The van der Waals surface area contributed by atoms with Gasteiger partial charge in [0.05, 0.1) is 12.1 Å². The number of aryl methyl sites for hydroxylation is 1. The van der Waals surface area contributed by atoms with Gasteiger partial charge in [-0.25, -0.2) is 4.99 Å². The molecule has 0 aliphatic rings. The third kappa shape index (κ3) is 6.58. The Labute approximate surface area is 156 Å². The third-order valence-electron chi connectivity index (χ3n) is 3.87. The Morgan fingerprint density at radius 1 is 1.19 bits per heavy atom. The van der Waals surface area contributed by atoms with Gasteiger partial charge in [0.2, 0.25) is 0 Å². The molecule has 2 aromatic rings. The van der Waals surface area contributed by atoms with Crippen molar-refractivity contribution in [1.29, 1.82) is 0 Å². The van der Waals surface area contributed by atoms with Crippen LogP contribution in [0.15, 0.2) is 35.6 Å². The lowest BCUT2D eigenvalue weighted by Gasteiger charge is -2.13. The third-order valence-corrected chi connectivity index (χ3v) is 3.87. The van der Waals surface area contributed by atoms with Gasteiger partial charge in [-0.2, -0.15) is 13.2 Å². The van der Waals surface area contributed by atoms with Crippen LogP contribution >= 0.6 is 0 Å². The van der Waals surface area contributed by atoms with Crippen LogP contribution < -0.4 is 10.6 Å². The van der Waals surface area contributed by atoms with Crippen molar-refractivity contribution in [3.8, 4) is 0 Å². The van der Waals surface area contributed by atoms with Crippen molar-refractivity contribution in [2.75, 3.05) is 13.1 Å². The summed E-state index contributed by atoms with van der Waals surface area (Å²) in [6.45, 7) is 6.20. The highest BCUT2D eigenvalue weighted by molar-refractivity contribution is 5.79. The van der Waals surface area contributed by atoms with Crippen LogP contribution in [-0.2, 0) is 25.7 Å². The molecule has 0 atom stereocenters. The summed E-state index contributed by atoms with van der Waals surface area (Å²) < 4.78 is 40.4. The van der Waals surface area contributed by atoms with Gasteiger partial charge in [-0.15, -0.1) is 10.2 Å². The van der Waals surface area contributed by atoms with Crippen LogP contribution in [0.5, 0.6) is 0 Å². The van der Waals surface area contributed by atoms with E-state index in [4.69, 9.17) is 0 Å². The first-order valence-electron chi connectivity index (χ1n) is 8.99. The number of rotatable bonds is 8. The van der Waals surface area contributed by atoms with E-state index in [2.05, 4.69) is 25.8 Å². The zero-order valence-electron chi connectivity index (χ0n) is 15.6. The molecule has 0 aliphatic heterocycles. The van der Waals surface area contributed by atoms with Crippen molar-refractivity contribution in [2.24, 2.45) is 4.99 Å². The fraction of sp³-hybridized carbons (Fsp3) is 0.500. The molecule has 0 amide bonds. The maximum Gasteiger partial charge on any atom is 0.416 e. The minimum absolute atomic E-state index is 0.163. The summed E-state index contributed by atoms with van der Waals surface area (Å²) in [6, 6.07) is 5.23. The Bertz CT molecular complexity index is 739. The molecule has 0 spiro atoms. The lowest BCUT2D eigenvalue weighted by atomic mass is 10.1. The Hall–Kier alpha value is -2.58. The largest absolute Gasteiger partial charge is 0.416 e. The maximum absolute atomic E-state index is 12.8. The average Bonchev–Trinajstić information content (AvgIpc) is 3.10. The predicted octanol–water partition coefficient (Wildman–Crippen LogP) is 3.00. The number of benzene rings is 1. The number of hydrogen-bond acceptors (Lipinski definition) is 3. The van der Waals surface area contributed by atoms with Gasteiger partial charge in [-0.1, -0.05) is 26.0 Å². The van der Waals surface area contributed by atoms with Crippen LogP contribution in [0.4, 0.5) is 13.2 Å². The molecule has 1 aromatic carbocycles. The normalized spacial score (nSPS) is 12.3. The molecule has 0 bridgehead atoms. The smallest absolute Gasteiger partial charge is 0.356 e. The summed E-state index contributed by atoms with van der Waals surface area (Å²) >= 11 is 0. The van der Waals surface area contributed by atoms with Gasteiger partial charge in [-0.05, 0) is 24.1 Å². The topological polar surface area (TPSA) is 67.1 Å². The summed E-state index contributed by atoms with van der Waals surface area (Å²) in [5.41, 5.74) is -0.152. The molecular weight excluding hydrogens is 357 g/mol. The number of nitrogens with zero attached hydrogens (tertiary/aromatic N) is 4. The number of hydrogen-bond donors (Lipinski definition) is 2. The van der Waals surface area contributed by atoms with E-state index in [1.165, 1.54) is 6.07 Å². The fourth-order valence-electron chi connectivity index (χ4n) is 2.47. The molecular formula is C18H25F3N6. The summed E-state index contributed by atoms with van der Waals surface area (Å²) in [4.78, 5) is 4.40. The number of alkyl halides is 3. The van der Waals surface area contributed by atoms with Crippen molar-refractivity contribution in [2.45, 2.75) is 46.0 Å². The van der Waals surface area contributed by atoms with Crippen LogP contribution in [0.25, 0.3) is 0 Å². The van der Waals surface area contributed by atoms with E-state index in [0.29, 0.717) is 24.6 Å². The van der Waals surface area contributed by atoms with Gasteiger partial charge in [0, 0.05) is 26.1 Å². The summed E-state index contributed by atoms with van der Waals surface area (Å²) in [7, 11) is 0. The van der Waals surface area contributed by atoms with Crippen molar-refractivity contribution >= 4 is 5.96 Å².